The van der Waals surface area contributed by atoms with E-state index in [0.717, 1.165) is 25.7 Å². The van der Waals surface area contributed by atoms with Crippen molar-refractivity contribution in [2.75, 3.05) is 0 Å². The summed E-state index contributed by atoms with van der Waals surface area (Å²) in [4.78, 5) is 0. The molecule has 1 rings (SSSR count). The van der Waals surface area contributed by atoms with Crippen LogP contribution in [0.5, 0.6) is 0 Å². The first-order chi connectivity index (χ1) is 8.60. The summed E-state index contributed by atoms with van der Waals surface area (Å²) in [5.74, 6) is 0. The van der Waals surface area contributed by atoms with Crippen LogP contribution in [0.4, 0.5) is 0 Å². The second-order valence-electron chi connectivity index (χ2n) is 3.67. The molecule has 0 bridgehead atoms. The van der Waals surface area contributed by atoms with Crippen LogP contribution in [0, 0.1) is 0 Å². The van der Waals surface area contributed by atoms with Crippen LogP contribution in [0.15, 0.2) is 20.6 Å². The van der Waals surface area contributed by atoms with E-state index in [4.69, 9.17) is 20.8 Å². The van der Waals surface area contributed by atoms with Crippen LogP contribution in [0.1, 0.15) is 39.5 Å². The minimum Gasteiger partial charge on any atom is -0.411 e. The highest BCUT2D eigenvalue weighted by atomic mass is 16.4. The highest BCUT2D eigenvalue weighted by Crippen LogP contribution is 2.12. The largest absolute Gasteiger partial charge is 0.411 e. The fraction of sp³-hybridized carbons (Fsp3) is 0.600. The van der Waals surface area contributed by atoms with Gasteiger partial charge in [-0.05, 0) is 39.5 Å². The highest BCUT2D eigenvalue weighted by molar-refractivity contribution is 6.42. The van der Waals surface area contributed by atoms with E-state index in [0.29, 0.717) is 22.8 Å². The van der Waals surface area contributed by atoms with Crippen molar-refractivity contribution in [3.8, 4) is 0 Å². The zero-order chi connectivity index (χ0) is 14.0. The molecule has 4 N–H and O–H groups in total. The summed E-state index contributed by atoms with van der Waals surface area (Å²) in [6.45, 7) is 3.07. The average molecular weight is 258 g/mol. The summed E-state index contributed by atoms with van der Waals surface area (Å²) in [5, 5.41) is 44.5. The Morgan fingerprint density at radius 1 is 0.778 bits per heavy atom. The minimum absolute atomic E-state index is 0.313. The lowest BCUT2D eigenvalue weighted by Crippen LogP contribution is -2.18. The van der Waals surface area contributed by atoms with Gasteiger partial charge in [-0.2, -0.15) is 0 Å². The predicted octanol–water partition coefficient (Wildman–Crippen LogP) is 1.91. The van der Waals surface area contributed by atoms with Gasteiger partial charge in [0.25, 0.3) is 0 Å². The van der Waals surface area contributed by atoms with Gasteiger partial charge < -0.3 is 20.8 Å². The van der Waals surface area contributed by atoms with Gasteiger partial charge >= 0.3 is 0 Å². The van der Waals surface area contributed by atoms with Crippen LogP contribution >= 0.6 is 0 Å². The van der Waals surface area contributed by atoms with Crippen molar-refractivity contribution in [3.05, 3.63) is 0 Å². The Bertz CT molecular complexity index is 338. The van der Waals surface area contributed by atoms with E-state index in [1.54, 1.807) is 0 Å². The van der Waals surface area contributed by atoms with Crippen molar-refractivity contribution >= 4 is 22.8 Å². The number of nitrogens with zero attached hydrogens (tertiary/aromatic N) is 4. The first kappa shape index (κ1) is 15.9. The van der Waals surface area contributed by atoms with E-state index in [-0.39, 0.29) is 0 Å². The maximum atomic E-state index is 8.39. The predicted molar refractivity (Wildman–Crippen MR) is 66.7 cm³/mol. The van der Waals surface area contributed by atoms with Crippen LogP contribution in [-0.2, 0) is 0 Å². The lowest BCUT2D eigenvalue weighted by molar-refractivity contribution is 0.310. The molecule has 0 amide bonds. The fourth-order valence-corrected chi connectivity index (χ4v) is 1.23. The molecule has 1 fully saturated rings. The molecule has 1 aliphatic carbocycles. The van der Waals surface area contributed by atoms with Gasteiger partial charge in [-0.3, -0.25) is 0 Å². The summed E-state index contributed by atoms with van der Waals surface area (Å²) in [7, 11) is 0. The minimum atomic E-state index is 0.313. The van der Waals surface area contributed by atoms with Crippen molar-refractivity contribution in [1.82, 2.24) is 0 Å². The molecule has 0 unspecified atom stereocenters. The number of hydrogen-bond acceptors (Lipinski definition) is 8. The van der Waals surface area contributed by atoms with E-state index in [1.807, 2.05) is 0 Å². The van der Waals surface area contributed by atoms with E-state index < -0.39 is 0 Å². The molecule has 0 aromatic heterocycles. The molecule has 0 saturated heterocycles. The summed E-state index contributed by atoms with van der Waals surface area (Å²) >= 11 is 0. The van der Waals surface area contributed by atoms with Crippen LogP contribution in [0.2, 0.25) is 0 Å². The van der Waals surface area contributed by atoms with E-state index >= 15 is 0 Å². The molecule has 0 aliphatic heterocycles. The van der Waals surface area contributed by atoms with Gasteiger partial charge in [0.15, 0.2) is 0 Å². The van der Waals surface area contributed by atoms with Crippen molar-refractivity contribution < 1.29 is 20.8 Å². The van der Waals surface area contributed by atoms with Crippen molar-refractivity contribution in [2.24, 2.45) is 20.6 Å². The van der Waals surface area contributed by atoms with Crippen molar-refractivity contribution in [3.63, 3.8) is 0 Å². The molecule has 0 radical (unpaired) electrons. The summed E-state index contributed by atoms with van der Waals surface area (Å²) in [6, 6.07) is 0. The SMILES string of the molecule is CC(=NO)C(C)=NO.ON=C1CCCCC1=NO. The molecule has 8 heteroatoms. The Balaban J connectivity index is 0.000000331. The molecule has 0 aromatic rings. The third-order valence-corrected chi connectivity index (χ3v) is 2.48. The molecule has 0 heterocycles. The third kappa shape index (κ3) is 5.28. The molecule has 8 nitrogen and oxygen atoms in total. The van der Waals surface area contributed by atoms with Gasteiger partial charge in [-0.15, -0.1) is 0 Å². The maximum absolute atomic E-state index is 8.39. The topological polar surface area (TPSA) is 130 Å². The maximum Gasteiger partial charge on any atom is 0.104 e. The lowest BCUT2D eigenvalue weighted by atomic mass is 9.97. The molecule has 18 heavy (non-hydrogen) atoms. The van der Waals surface area contributed by atoms with Gasteiger partial charge in [0, 0.05) is 0 Å². The van der Waals surface area contributed by atoms with E-state index in [2.05, 4.69) is 20.6 Å². The summed E-state index contributed by atoms with van der Waals surface area (Å²) in [6.07, 6.45) is 3.46. The quantitative estimate of drug-likeness (QED) is 0.325. The van der Waals surface area contributed by atoms with Crippen molar-refractivity contribution in [1.29, 1.82) is 0 Å². The first-order valence-corrected chi connectivity index (χ1v) is 5.40. The Kier molecular flexibility index (Phi) is 7.91. The highest BCUT2D eigenvalue weighted by Gasteiger charge is 2.15. The first-order valence-electron chi connectivity index (χ1n) is 5.40. The van der Waals surface area contributed by atoms with Gasteiger partial charge in [-0.25, -0.2) is 0 Å². The second-order valence-corrected chi connectivity index (χ2v) is 3.67. The Morgan fingerprint density at radius 3 is 1.33 bits per heavy atom. The average Bonchev–Trinajstić information content (AvgIpc) is 2.45. The Labute approximate surface area is 105 Å². The normalized spacial score (nSPS) is 21.7. The molecule has 0 atom stereocenters. The second kappa shape index (κ2) is 8.97. The summed E-state index contributed by atoms with van der Waals surface area (Å²) in [5.41, 5.74) is 1.67. The van der Waals surface area contributed by atoms with Gasteiger partial charge in [0.1, 0.15) is 22.8 Å². The molecule has 102 valence electrons. The van der Waals surface area contributed by atoms with Crippen LogP contribution in [0.3, 0.4) is 0 Å². The van der Waals surface area contributed by atoms with Crippen LogP contribution in [0.25, 0.3) is 0 Å². The van der Waals surface area contributed by atoms with E-state index in [9.17, 15) is 0 Å². The summed E-state index contributed by atoms with van der Waals surface area (Å²) < 4.78 is 0. The van der Waals surface area contributed by atoms with Gasteiger partial charge in [-0.1, -0.05) is 20.6 Å². The lowest BCUT2D eigenvalue weighted by Gasteiger charge is -2.11. The number of oxime groups is 4. The van der Waals surface area contributed by atoms with Crippen LogP contribution in [-0.4, -0.2) is 43.7 Å². The van der Waals surface area contributed by atoms with Gasteiger partial charge in [0.05, 0.1) is 0 Å². The zero-order valence-electron chi connectivity index (χ0n) is 10.4. The molecule has 0 spiro atoms. The molecule has 1 saturated carbocycles. The Hall–Kier alpha value is -2.12. The number of hydrogen-bond donors (Lipinski definition) is 4. The third-order valence-electron chi connectivity index (χ3n) is 2.48. The molecular weight excluding hydrogens is 240 g/mol. The smallest absolute Gasteiger partial charge is 0.104 e. The number of rotatable bonds is 1. The molecule has 1 aliphatic rings. The Morgan fingerprint density at radius 2 is 1.11 bits per heavy atom. The standard InChI is InChI=1S/C6H10N2O2.C4H8N2O2/c9-7-5-3-1-2-4-6(5)8-10;1-3(5-7)4(2)6-8/h9-10H,1-4H2;7-8H,1-2H3. The fourth-order valence-electron chi connectivity index (χ4n) is 1.23. The molecule has 0 aromatic carbocycles. The molecular formula is C10H18N4O4. The monoisotopic (exact) mass is 258 g/mol. The van der Waals surface area contributed by atoms with Gasteiger partial charge in [0.2, 0.25) is 0 Å². The van der Waals surface area contributed by atoms with Crippen LogP contribution < -0.4 is 0 Å². The zero-order valence-corrected chi connectivity index (χ0v) is 10.4. The van der Waals surface area contributed by atoms with E-state index in [1.165, 1.54) is 13.8 Å². The van der Waals surface area contributed by atoms with Crippen molar-refractivity contribution in [2.45, 2.75) is 39.5 Å².